The molecule has 0 atom stereocenters. The van der Waals surface area contributed by atoms with Crippen molar-refractivity contribution >= 4 is 11.6 Å². The van der Waals surface area contributed by atoms with Crippen molar-refractivity contribution in [3.05, 3.63) is 107 Å². The van der Waals surface area contributed by atoms with Gasteiger partial charge in [0.05, 0.1) is 0 Å². The van der Waals surface area contributed by atoms with E-state index in [1.54, 1.807) is 18.2 Å². The van der Waals surface area contributed by atoms with E-state index in [0.29, 0.717) is 6.42 Å². The van der Waals surface area contributed by atoms with Crippen LogP contribution < -0.4 is 0 Å². The molecule has 0 heterocycles. The summed E-state index contributed by atoms with van der Waals surface area (Å²) in [5.41, 5.74) is 5.54. The molecule has 0 unspecified atom stereocenters. The van der Waals surface area contributed by atoms with E-state index >= 15 is 0 Å². The maximum atomic E-state index is 11.8. The number of allylic oxidation sites excluding steroid dienone is 18. The quantitative estimate of drug-likeness (QED) is 0.303. The van der Waals surface area contributed by atoms with Crippen molar-refractivity contribution in [2.45, 2.75) is 54.9 Å². The highest BCUT2D eigenvalue weighted by Gasteiger charge is 2.30. The van der Waals surface area contributed by atoms with Crippen LogP contribution in [0, 0.1) is 5.41 Å². The van der Waals surface area contributed by atoms with Crippen LogP contribution in [0.3, 0.4) is 0 Å². The SMILES string of the molecule is CC(=O)C=CC=C(C)C=CC=CC(C)=CC=CC(C)=CC=C1C(C)=CC(=O)CC1(C)C. The molecule has 2 heteroatoms. The smallest absolute Gasteiger partial charge is 0.156 e. The summed E-state index contributed by atoms with van der Waals surface area (Å²) in [6, 6.07) is 0. The minimum atomic E-state index is -0.123. The van der Waals surface area contributed by atoms with Gasteiger partial charge in [0, 0.05) is 6.42 Å². The zero-order chi connectivity index (χ0) is 23.4. The summed E-state index contributed by atoms with van der Waals surface area (Å²) < 4.78 is 0. The van der Waals surface area contributed by atoms with Gasteiger partial charge in [-0.3, -0.25) is 9.59 Å². The molecule has 1 aliphatic rings. The monoisotopic (exact) mass is 416 g/mol. The molecule has 0 saturated heterocycles. The lowest BCUT2D eigenvalue weighted by Gasteiger charge is -2.31. The second kappa shape index (κ2) is 12.6. The summed E-state index contributed by atoms with van der Waals surface area (Å²) in [6.07, 6.45) is 26.0. The highest BCUT2D eigenvalue weighted by Crippen LogP contribution is 2.39. The molecular weight excluding hydrogens is 380 g/mol. The molecule has 0 spiro atoms. The molecule has 0 amide bonds. The maximum absolute atomic E-state index is 11.8. The predicted octanol–water partition coefficient (Wildman–Crippen LogP) is 7.51. The third kappa shape index (κ3) is 10.5. The fraction of sp³-hybridized carbons (Fsp3) is 0.310. The molecule has 0 aromatic heterocycles. The topological polar surface area (TPSA) is 34.1 Å². The molecular formula is C29H36O2. The average molecular weight is 417 g/mol. The summed E-state index contributed by atoms with van der Waals surface area (Å²) in [7, 11) is 0. The molecule has 164 valence electrons. The van der Waals surface area contributed by atoms with Crippen LogP contribution in [-0.4, -0.2) is 11.6 Å². The first-order valence-corrected chi connectivity index (χ1v) is 10.7. The zero-order valence-electron chi connectivity index (χ0n) is 20.0. The Morgan fingerprint density at radius 3 is 1.81 bits per heavy atom. The number of hydrogen-bond acceptors (Lipinski definition) is 2. The number of rotatable bonds is 8. The van der Waals surface area contributed by atoms with Gasteiger partial charge in [0.2, 0.25) is 0 Å². The molecule has 0 aromatic carbocycles. The Hall–Kier alpha value is -3.00. The number of carbonyl (C=O) groups is 2. The van der Waals surface area contributed by atoms with Gasteiger partial charge < -0.3 is 0 Å². The molecule has 0 N–H and O–H groups in total. The van der Waals surface area contributed by atoms with Gasteiger partial charge in [-0.05, 0) is 63.3 Å². The van der Waals surface area contributed by atoms with Crippen LogP contribution in [0.25, 0.3) is 0 Å². The number of ketones is 2. The van der Waals surface area contributed by atoms with E-state index in [1.165, 1.54) is 12.5 Å². The predicted molar refractivity (Wildman–Crippen MR) is 134 cm³/mol. The molecule has 2 nitrogen and oxygen atoms in total. The fourth-order valence-corrected chi connectivity index (χ4v) is 3.28. The van der Waals surface area contributed by atoms with Crippen molar-refractivity contribution in [3.63, 3.8) is 0 Å². The van der Waals surface area contributed by atoms with Gasteiger partial charge in [0.15, 0.2) is 11.6 Å². The summed E-state index contributed by atoms with van der Waals surface area (Å²) in [4.78, 5) is 22.7. The van der Waals surface area contributed by atoms with E-state index in [2.05, 4.69) is 58.1 Å². The Morgan fingerprint density at radius 1 is 0.806 bits per heavy atom. The van der Waals surface area contributed by atoms with Gasteiger partial charge in [-0.2, -0.15) is 0 Å². The summed E-state index contributed by atoms with van der Waals surface area (Å²) >= 11 is 0. The lowest BCUT2D eigenvalue weighted by Crippen LogP contribution is -2.24. The second-order valence-electron chi connectivity index (χ2n) is 8.71. The molecule has 0 saturated carbocycles. The minimum absolute atomic E-state index is 0.0461. The minimum Gasteiger partial charge on any atom is -0.295 e. The van der Waals surface area contributed by atoms with Gasteiger partial charge in [-0.25, -0.2) is 0 Å². The molecule has 0 aliphatic heterocycles. The lowest BCUT2D eigenvalue weighted by atomic mass is 9.72. The Kier molecular flexibility index (Phi) is 10.6. The van der Waals surface area contributed by atoms with E-state index in [0.717, 1.165) is 22.3 Å². The van der Waals surface area contributed by atoms with E-state index in [-0.39, 0.29) is 17.0 Å². The third-order valence-corrected chi connectivity index (χ3v) is 4.90. The van der Waals surface area contributed by atoms with Crippen molar-refractivity contribution < 1.29 is 9.59 Å². The van der Waals surface area contributed by atoms with E-state index in [4.69, 9.17) is 0 Å². The second-order valence-corrected chi connectivity index (χ2v) is 8.71. The normalized spacial score (nSPS) is 20.1. The highest BCUT2D eigenvalue weighted by molar-refractivity contribution is 5.93. The van der Waals surface area contributed by atoms with Crippen LogP contribution in [0.15, 0.2) is 107 Å². The van der Waals surface area contributed by atoms with Crippen molar-refractivity contribution in [3.8, 4) is 0 Å². The van der Waals surface area contributed by atoms with Gasteiger partial charge in [0.25, 0.3) is 0 Å². The van der Waals surface area contributed by atoms with Crippen LogP contribution in [0.5, 0.6) is 0 Å². The molecule has 0 aromatic rings. The summed E-state index contributed by atoms with van der Waals surface area (Å²) in [5.74, 6) is 0.254. The number of carbonyl (C=O) groups excluding carboxylic acids is 2. The van der Waals surface area contributed by atoms with Crippen molar-refractivity contribution in [2.24, 2.45) is 5.41 Å². The van der Waals surface area contributed by atoms with E-state index in [1.807, 2.05) is 44.2 Å². The van der Waals surface area contributed by atoms with Crippen molar-refractivity contribution in [1.29, 1.82) is 0 Å². The van der Waals surface area contributed by atoms with Crippen molar-refractivity contribution in [1.82, 2.24) is 0 Å². The Morgan fingerprint density at radius 2 is 1.29 bits per heavy atom. The average Bonchev–Trinajstić information content (AvgIpc) is 2.63. The molecule has 0 fully saturated rings. The highest BCUT2D eigenvalue weighted by atomic mass is 16.1. The van der Waals surface area contributed by atoms with Crippen LogP contribution in [0.2, 0.25) is 0 Å². The summed E-state index contributed by atoms with van der Waals surface area (Å²) in [6.45, 7) is 13.9. The Labute approximate surface area is 188 Å². The van der Waals surface area contributed by atoms with Crippen LogP contribution >= 0.6 is 0 Å². The Bertz CT molecular complexity index is 949. The lowest BCUT2D eigenvalue weighted by molar-refractivity contribution is -0.116. The fourth-order valence-electron chi connectivity index (χ4n) is 3.28. The molecule has 1 rings (SSSR count). The van der Waals surface area contributed by atoms with Crippen molar-refractivity contribution in [2.75, 3.05) is 0 Å². The first kappa shape index (κ1) is 26.0. The molecule has 31 heavy (non-hydrogen) atoms. The first-order valence-electron chi connectivity index (χ1n) is 10.7. The van der Waals surface area contributed by atoms with E-state index < -0.39 is 0 Å². The van der Waals surface area contributed by atoms with Gasteiger partial charge in [0.1, 0.15) is 0 Å². The van der Waals surface area contributed by atoms with Crippen LogP contribution in [0.4, 0.5) is 0 Å². The van der Waals surface area contributed by atoms with E-state index in [9.17, 15) is 9.59 Å². The third-order valence-electron chi connectivity index (χ3n) is 4.90. The largest absolute Gasteiger partial charge is 0.295 e. The van der Waals surface area contributed by atoms with Crippen LogP contribution in [0.1, 0.15) is 54.9 Å². The molecule has 0 bridgehead atoms. The zero-order valence-corrected chi connectivity index (χ0v) is 20.0. The van der Waals surface area contributed by atoms with Gasteiger partial charge >= 0.3 is 0 Å². The molecule has 0 radical (unpaired) electrons. The Balaban J connectivity index is 2.72. The summed E-state index contributed by atoms with van der Waals surface area (Å²) in [5, 5.41) is 0. The first-order chi connectivity index (χ1) is 14.5. The van der Waals surface area contributed by atoms with Crippen LogP contribution in [-0.2, 0) is 9.59 Å². The molecule has 1 aliphatic carbocycles. The number of hydrogen-bond donors (Lipinski definition) is 0. The van der Waals surface area contributed by atoms with Gasteiger partial charge in [-0.1, -0.05) is 97.4 Å². The maximum Gasteiger partial charge on any atom is 0.156 e. The standard InChI is InChI=1S/C29H36O2/c1-22(12-8-9-13-23(2)16-11-17-26(5)30)14-10-15-24(3)18-19-28-25(4)20-27(31)21-29(28,6)7/h8-20H,21H2,1-7H3. The van der Waals surface area contributed by atoms with Gasteiger partial charge in [-0.15, -0.1) is 0 Å².